The minimum atomic E-state index is -0.506. The van der Waals surface area contributed by atoms with Crippen LogP contribution in [0.4, 0.5) is 0 Å². The van der Waals surface area contributed by atoms with Gasteiger partial charge in [0.15, 0.2) is 5.78 Å². The minimum absolute atomic E-state index is 0.0679. The van der Waals surface area contributed by atoms with Crippen LogP contribution in [0.3, 0.4) is 0 Å². The highest BCUT2D eigenvalue weighted by molar-refractivity contribution is 6.05. The number of ketones is 1. The molecular formula is C26H44N4O4. The van der Waals surface area contributed by atoms with Gasteiger partial charge in [-0.1, -0.05) is 41.5 Å². The number of carbonyl (C=O) groups is 2. The Hall–Kier alpha value is -1.93. The van der Waals surface area contributed by atoms with Crippen molar-refractivity contribution in [1.29, 1.82) is 0 Å². The topological polar surface area (TPSA) is 119 Å². The Morgan fingerprint density at radius 2 is 1.65 bits per heavy atom. The zero-order valence-corrected chi connectivity index (χ0v) is 22.4. The van der Waals surface area contributed by atoms with Gasteiger partial charge >= 0.3 is 5.97 Å². The molecule has 4 bridgehead atoms. The van der Waals surface area contributed by atoms with Crippen LogP contribution in [0.15, 0.2) is 4.79 Å². The molecule has 8 nitrogen and oxygen atoms in total. The van der Waals surface area contributed by atoms with Crippen LogP contribution in [0.1, 0.15) is 91.3 Å². The molecule has 192 valence electrons. The van der Waals surface area contributed by atoms with E-state index in [9.17, 15) is 14.4 Å². The lowest BCUT2D eigenvalue weighted by molar-refractivity contribution is -0.154. The zero-order chi connectivity index (χ0) is 25.9. The maximum absolute atomic E-state index is 12.3. The number of nitrogens with one attached hydrogen (secondary N) is 2. The molecule has 5 rings (SSSR count). The number of esters is 1. The summed E-state index contributed by atoms with van der Waals surface area (Å²) in [6, 6.07) is 0. The van der Waals surface area contributed by atoms with Gasteiger partial charge < -0.3 is 4.74 Å². The number of Topliss-reactive ketones (excluding diaryl/α,β-unsaturated/α-hetero) is 1. The lowest BCUT2D eigenvalue weighted by Crippen LogP contribution is -2.36. The molecular weight excluding hydrogens is 432 g/mol. The van der Waals surface area contributed by atoms with Gasteiger partial charge in [0, 0.05) is 29.1 Å². The molecule has 8 heteroatoms. The summed E-state index contributed by atoms with van der Waals surface area (Å²) in [6.07, 6.45) is 4.27. The number of nitrogens with two attached hydrogens (primary N) is 1. The third kappa shape index (κ3) is 3.35. The van der Waals surface area contributed by atoms with E-state index in [0.717, 1.165) is 18.4 Å². The number of H-pyrrole nitrogens is 1. The van der Waals surface area contributed by atoms with E-state index < -0.39 is 5.92 Å². The first kappa shape index (κ1) is 26.7. The molecule has 0 radical (unpaired) electrons. The minimum Gasteiger partial charge on any atom is -0.465 e. The Labute approximate surface area is 203 Å². The highest BCUT2D eigenvalue weighted by Crippen LogP contribution is 2.67. The van der Waals surface area contributed by atoms with Crippen LogP contribution in [-0.2, 0) is 26.8 Å². The van der Waals surface area contributed by atoms with Gasteiger partial charge in [0.2, 0.25) is 0 Å². The van der Waals surface area contributed by atoms with Crippen molar-refractivity contribution in [3.8, 4) is 0 Å². The van der Waals surface area contributed by atoms with Crippen LogP contribution in [-0.4, -0.2) is 35.2 Å². The summed E-state index contributed by atoms with van der Waals surface area (Å²) in [5, 5.41) is 2.90. The van der Waals surface area contributed by atoms with Gasteiger partial charge in [-0.2, -0.15) is 0 Å². The second-order valence-corrected chi connectivity index (χ2v) is 12.0. The summed E-state index contributed by atoms with van der Waals surface area (Å²) in [5.41, 5.74) is 4.74. The molecule has 0 aliphatic heterocycles. The molecule has 0 saturated heterocycles. The second kappa shape index (κ2) is 8.63. The van der Waals surface area contributed by atoms with Gasteiger partial charge in [0.25, 0.3) is 5.56 Å². The first-order chi connectivity index (χ1) is 15.7. The van der Waals surface area contributed by atoms with Crippen molar-refractivity contribution in [1.82, 2.24) is 15.2 Å². The number of carbonyl (C=O) groups excluding carboxylic acids is 2. The third-order valence-electron chi connectivity index (χ3n) is 10.3. The number of aromatic nitrogens is 2. The number of nitrogens with zero attached hydrogens (tertiary/aromatic N) is 1. The number of hydrogen-bond donors (Lipinski definition) is 3. The van der Waals surface area contributed by atoms with E-state index in [2.05, 4.69) is 51.0 Å². The molecule has 0 spiro atoms. The molecule has 4 aliphatic carbocycles. The first-order valence-electron chi connectivity index (χ1n) is 12.5. The molecule has 4 aliphatic rings. The maximum Gasteiger partial charge on any atom is 0.316 e. The number of rotatable bonds is 2. The van der Waals surface area contributed by atoms with Crippen molar-refractivity contribution in [3.05, 3.63) is 21.6 Å². The maximum atomic E-state index is 12.3. The summed E-state index contributed by atoms with van der Waals surface area (Å²) in [5.74, 6) is 4.52. The van der Waals surface area contributed by atoms with Crippen LogP contribution in [0.5, 0.6) is 0 Å². The fourth-order valence-electron chi connectivity index (χ4n) is 7.57. The van der Waals surface area contributed by atoms with Gasteiger partial charge in [-0.25, -0.2) is 0 Å². The molecule has 0 aromatic carbocycles. The summed E-state index contributed by atoms with van der Waals surface area (Å²) in [7, 11) is 3.61. The molecule has 0 amide bonds. The highest BCUT2D eigenvalue weighted by Gasteiger charge is 2.68. The van der Waals surface area contributed by atoms with Gasteiger partial charge in [-0.3, -0.25) is 35.4 Å². The zero-order valence-electron chi connectivity index (χ0n) is 22.4. The molecule has 34 heavy (non-hydrogen) atoms. The van der Waals surface area contributed by atoms with Crippen molar-refractivity contribution < 1.29 is 14.3 Å². The molecule has 3 fully saturated rings. The van der Waals surface area contributed by atoms with Crippen LogP contribution in [0.2, 0.25) is 0 Å². The monoisotopic (exact) mass is 476 g/mol. The molecule has 1 unspecified atom stereocenters. The lowest BCUT2D eigenvalue weighted by atomic mass is 9.70. The van der Waals surface area contributed by atoms with Crippen molar-refractivity contribution >= 4 is 11.8 Å². The van der Waals surface area contributed by atoms with E-state index in [4.69, 9.17) is 4.74 Å². The average molecular weight is 477 g/mol. The quantitative estimate of drug-likeness (QED) is 0.261. The second-order valence-electron chi connectivity index (χ2n) is 12.0. The average Bonchev–Trinajstić information content (AvgIpc) is 3.35. The lowest BCUT2D eigenvalue weighted by Gasteiger charge is -2.35. The van der Waals surface area contributed by atoms with Crippen LogP contribution < -0.4 is 16.8 Å². The molecule has 1 aromatic heterocycles. The summed E-state index contributed by atoms with van der Waals surface area (Å²) >= 11 is 0. The van der Waals surface area contributed by atoms with Crippen LogP contribution in [0, 0.1) is 28.1 Å². The number of aromatic amines is 1. The summed E-state index contributed by atoms with van der Waals surface area (Å²) in [4.78, 5) is 36.0. The molecule has 5 atom stereocenters. The standard InChI is InChI=1S/C13H20O3.C12H18N2O.CH6N2/c1-5-16-11(15)9-8-6-7-13(4,10(9)14)12(8,2)3;1-11(2)7-5-6-12(11,3)9-8(7)10(15)13-14(9)4;1-3-2/h8-9H,5-7H2,1-4H3;7H,5-6H2,1-4H3,(H,13,15);3H,2H2,1H3/t8-,9?,13+;7-,12+;/m11./s1. The van der Waals surface area contributed by atoms with Crippen molar-refractivity contribution in [2.45, 2.75) is 85.5 Å². The smallest absolute Gasteiger partial charge is 0.316 e. The Morgan fingerprint density at radius 3 is 2.12 bits per heavy atom. The molecule has 4 N–H and O–H groups in total. The predicted molar refractivity (Wildman–Crippen MR) is 132 cm³/mol. The predicted octanol–water partition coefficient (Wildman–Crippen LogP) is 3.16. The number of fused-ring (bicyclic) bond motifs is 7. The van der Waals surface area contributed by atoms with Gasteiger partial charge in [-0.05, 0) is 62.3 Å². The van der Waals surface area contributed by atoms with E-state index in [-0.39, 0.29) is 44.9 Å². The number of hydrogen-bond acceptors (Lipinski definition) is 6. The number of hydrazine groups is 1. The van der Waals surface area contributed by atoms with Gasteiger partial charge in [-0.15, -0.1) is 0 Å². The Bertz CT molecular complexity index is 1020. The normalized spacial score (nSPS) is 35.2. The van der Waals surface area contributed by atoms with Gasteiger partial charge in [0.05, 0.1) is 6.61 Å². The first-order valence-corrected chi connectivity index (χ1v) is 12.5. The fraction of sp³-hybridized carbons (Fsp3) is 0.808. The van der Waals surface area contributed by atoms with Crippen LogP contribution >= 0.6 is 0 Å². The fourth-order valence-corrected chi connectivity index (χ4v) is 7.57. The summed E-state index contributed by atoms with van der Waals surface area (Å²) in [6.45, 7) is 15.3. The van der Waals surface area contributed by atoms with Crippen LogP contribution in [0.25, 0.3) is 0 Å². The SMILES string of the molecule is CCOC(=O)C1C(=O)[C@]2(C)CC[C@H]1C2(C)C.CNN.Cn1[nH]c(=O)c2c1[C@]1(C)CC[C@H]2C1(C)C. The summed E-state index contributed by atoms with van der Waals surface area (Å²) < 4.78 is 6.97. The van der Waals surface area contributed by atoms with Crippen molar-refractivity contribution in [3.63, 3.8) is 0 Å². The number of ether oxygens (including phenoxy) is 1. The number of aryl methyl sites for hydroxylation is 1. The van der Waals surface area contributed by atoms with Crippen molar-refractivity contribution in [2.75, 3.05) is 13.7 Å². The Morgan fingerprint density at radius 1 is 1.09 bits per heavy atom. The van der Waals surface area contributed by atoms with E-state index >= 15 is 0 Å². The Balaban J connectivity index is 0.000000171. The molecule has 1 aromatic rings. The largest absolute Gasteiger partial charge is 0.465 e. The highest BCUT2D eigenvalue weighted by atomic mass is 16.5. The van der Waals surface area contributed by atoms with E-state index in [1.807, 2.05) is 18.7 Å². The van der Waals surface area contributed by atoms with E-state index in [0.29, 0.717) is 12.5 Å². The van der Waals surface area contributed by atoms with Crippen molar-refractivity contribution in [2.24, 2.45) is 41.0 Å². The Kier molecular flexibility index (Phi) is 6.77. The van der Waals surface area contributed by atoms with E-state index in [1.165, 1.54) is 18.5 Å². The third-order valence-corrected chi connectivity index (χ3v) is 10.3. The molecule has 3 saturated carbocycles. The van der Waals surface area contributed by atoms with Gasteiger partial charge in [0.1, 0.15) is 5.92 Å². The molecule has 1 heterocycles. The van der Waals surface area contributed by atoms with E-state index in [1.54, 1.807) is 14.0 Å².